The van der Waals surface area contributed by atoms with Crippen molar-refractivity contribution in [3.8, 4) is 0 Å². The lowest BCUT2D eigenvalue weighted by Crippen LogP contribution is -2.15. The van der Waals surface area contributed by atoms with Crippen molar-refractivity contribution in [3.05, 3.63) is 0 Å². The number of hydrogen-bond acceptors (Lipinski definition) is 3. The third kappa shape index (κ3) is 1.55. The van der Waals surface area contributed by atoms with Crippen LogP contribution in [0.25, 0.3) is 0 Å². The first-order chi connectivity index (χ1) is 4.11. The summed E-state index contributed by atoms with van der Waals surface area (Å²) in [6.45, 7) is 6.40. The van der Waals surface area contributed by atoms with Crippen LogP contribution in [0.5, 0.6) is 0 Å². The van der Waals surface area contributed by atoms with Crippen LogP contribution in [-0.2, 0) is 0 Å². The van der Waals surface area contributed by atoms with Crippen molar-refractivity contribution in [2.24, 2.45) is 10.4 Å². The van der Waals surface area contributed by atoms with Gasteiger partial charge in [-0.25, -0.2) is 0 Å². The molecule has 0 amide bonds. The molecule has 9 heavy (non-hydrogen) atoms. The molecule has 1 aliphatic rings. The minimum atomic E-state index is 0.168. The molecule has 1 radical (unpaired) electrons. The lowest BCUT2D eigenvalue weighted by Gasteiger charge is -2.09. The molecule has 0 fully saturated rings. The molecule has 3 heteroatoms. The van der Waals surface area contributed by atoms with Gasteiger partial charge < -0.3 is 0 Å². The highest BCUT2D eigenvalue weighted by Gasteiger charge is 2.29. The second kappa shape index (κ2) is 2.14. The van der Waals surface area contributed by atoms with E-state index in [2.05, 4.69) is 30.2 Å². The van der Waals surface area contributed by atoms with E-state index in [-0.39, 0.29) is 5.41 Å². The van der Waals surface area contributed by atoms with Crippen LogP contribution in [0, 0.1) is 5.41 Å². The van der Waals surface area contributed by atoms with Gasteiger partial charge in [0.15, 0.2) is 11.9 Å². The number of aliphatic imine (C=N–C) groups is 1. The lowest BCUT2D eigenvalue weighted by molar-refractivity contribution is 0.603. The molecule has 0 saturated heterocycles. The molecule has 0 aromatic carbocycles. The Hall–Kier alpha value is -0.310. The molecule has 0 aromatic rings. The number of rotatable bonds is 0. The summed E-state index contributed by atoms with van der Waals surface area (Å²) >= 11 is 1.47. The second-order valence-corrected chi connectivity index (χ2v) is 3.78. The standard InChI is InChI=1S/C6H10N2S/c1-6(2,3)5-7-4-8-9-5/h4H,1-3H3/q+1. The van der Waals surface area contributed by atoms with E-state index in [0.29, 0.717) is 0 Å². The normalized spacial score (nSPS) is 18.3. The summed E-state index contributed by atoms with van der Waals surface area (Å²) in [7, 11) is 0. The average molecular weight is 142 g/mol. The molecule has 0 aliphatic carbocycles. The molecular weight excluding hydrogens is 132 g/mol. The monoisotopic (exact) mass is 142 g/mol. The Kier molecular flexibility index (Phi) is 1.62. The summed E-state index contributed by atoms with van der Waals surface area (Å²) in [5.41, 5.74) is 0.168. The zero-order valence-electron chi connectivity index (χ0n) is 5.88. The van der Waals surface area contributed by atoms with E-state index < -0.39 is 0 Å². The molecule has 0 aromatic heterocycles. The Labute approximate surface area is 59.6 Å². The quantitative estimate of drug-likeness (QED) is 0.470. The van der Waals surface area contributed by atoms with E-state index in [4.69, 9.17) is 0 Å². The lowest BCUT2D eigenvalue weighted by atomic mass is 9.99. The first-order valence-corrected chi connectivity index (χ1v) is 3.65. The van der Waals surface area contributed by atoms with Crippen molar-refractivity contribution in [2.75, 3.05) is 0 Å². The molecule has 1 rings (SSSR count). The molecule has 1 aliphatic heterocycles. The molecule has 0 N–H and O–H groups in total. The maximum Gasteiger partial charge on any atom is 0.337 e. The zero-order chi connectivity index (χ0) is 6.91. The first-order valence-electron chi connectivity index (χ1n) is 2.88. The van der Waals surface area contributed by atoms with Crippen molar-refractivity contribution in [2.45, 2.75) is 20.8 Å². The van der Waals surface area contributed by atoms with Crippen LogP contribution in [0.1, 0.15) is 20.8 Å². The minimum absolute atomic E-state index is 0.168. The maximum absolute atomic E-state index is 4.09. The summed E-state index contributed by atoms with van der Waals surface area (Å²) in [4.78, 5) is 4.09. The first kappa shape index (κ1) is 6.81. The molecule has 2 nitrogen and oxygen atoms in total. The summed E-state index contributed by atoms with van der Waals surface area (Å²) in [6, 6.07) is 0. The smallest absolute Gasteiger partial charge is 0.0517 e. The third-order valence-corrected chi connectivity index (χ3v) is 2.09. The minimum Gasteiger partial charge on any atom is -0.0517 e. The Balaban J connectivity index is 2.66. The predicted molar refractivity (Wildman–Crippen MR) is 42.7 cm³/mol. The van der Waals surface area contributed by atoms with Gasteiger partial charge in [0.1, 0.15) is 0 Å². The highest BCUT2D eigenvalue weighted by Crippen LogP contribution is 2.23. The predicted octanol–water partition coefficient (Wildman–Crippen LogP) is 1.46. The summed E-state index contributed by atoms with van der Waals surface area (Å²) in [6.07, 6.45) is 1.60. The van der Waals surface area contributed by atoms with E-state index in [1.807, 2.05) is 0 Å². The van der Waals surface area contributed by atoms with Crippen molar-refractivity contribution < 1.29 is 0 Å². The van der Waals surface area contributed by atoms with Gasteiger partial charge in [-0.1, -0.05) is 20.8 Å². The fraction of sp³-hybridized carbons (Fsp3) is 0.667. The van der Waals surface area contributed by atoms with Gasteiger partial charge in [-0.3, -0.25) is 0 Å². The van der Waals surface area contributed by atoms with Gasteiger partial charge >= 0.3 is 6.34 Å². The molecule has 0 atom stereocenters. The highest BCUT2D eigenvalue weighted by atomic mass is 32.2. The van der Waals surface area contributed by atoms with Gasteiger partial charge in [0.05, 0.1) is 0 Å². The Bertz CT molecular complexity index is 164. The maximum atomic E-state index is 4.09. The average Bonchev–Trinajstić information content (AvgIpc) is 2.08. The van der Waals surface area contributed by atoms with Crippen molar-refractivity contribution >= 4 is 23.3 Å². The van der Waals surface area contributed by atoms with Crippen LogP contribution < -0.4 is 4.40 Å². The summed E-state index contributed by atoms with van der Waals surface area (Å²) < 4.78 is 3.92. The molecule has 0 unspecified atom stereocenters. The molecule has 0 bridgehead atoms. The van der Waals surface area contributed by atoms with E-state index >= 15 is 0 Å². The van der Waals surface area contributed by atoms with Crippen LogP contribution in [-0.4, -0.2) is 11.4 Å². The van der Waals surface area contributed by atoms with Crippen LogP contribution in [0.2, 0.25) is 0 Å². The van der Waals surface area contributed by atoms with E-state index in [1.54, 1.807) is 6.34 Å². The van der Waals surface area contributed by atoms with Crippen LogP contribution in [0.15, 0.2) is 4.99 Å². The van der Waals surface area contributed by atoms with Crippen molar-refractivity contribution in [3.63, 3.8) is 0 Å². The van der Waals surface area contributed by atoms with Crippen molar-refractivity contribution in [1.82, 2.24) is 4.40 Å². The van der Waals surface area contributed by atoms with E-state index in [0.717, 1.165) is 5.04 Å². The SMILES string of the molecule is CC(C)(C)C1=NC=[N+]S1. The Morgan fingerprint density at radius 1 is 1.56 bits per heavy atom. The van der Waals surface area contributed by atoms with Crippen LogP contribution >= 0.6 is 11.9 Å². The number of nitrogens with zero attached hydrogens (tertiary/aromatic N) is 2. The van der Waals surface area contributed by atoms with E-state index in [9.17, 15) is 0 Å². The largest absolute Gasteiger partial charge is 0.337 e. The second-order valence-electron chi connectivity index (χ2n) is 3.00. The van der Waals surface area contributed by atoms with Gasteiger partial charge in [-0.2, -0.15) is 0 Å². The van der Waals surface area contributed by atoms with Crippen LogP contribution in [0.3, 0.4) is 0 Å². The van der Waals surface area contributed by atoms with Gasteiger partial charge in [0.25, 0.3) is 0 Å². The van der Waals surface area contributed by atoms with Crippen molar-refractivity contribution in [1.29, 1.82) is 0 Å². The molecular formula is C6H10N2S+. The zero-order valence-corrected chi connectivity index (χ0v) is 6.70. The van der Waals surface area contributed by atoms with Gasteiger partial charge in [0.2, 0.25) is 5.04 Å². The summed E-state index contributed by atoms with van der Waals surface area (Å²) in [5.74, 6) is 0. The molecule has 1 heterocycles. The fourth-order valence-corrected chi connectivity index (χ4v) is 1.07. The third-order valence-electron chi connectivity index (χ3n) is 1.00. The van der Waals surface area contributed by atoms with Gasteiger partial charge in [0, 0.05) is 9.81 Å². The topological polar surface area (TPSA) is 26.5 Å². The molecule has 0 spiro atoms. The molecule has 0 saturated carbocycles. The molecule has 49 valence electrons. The Morgan fingerprint density at radius 3 is 2.44 bits per heavy atom. The van der Waals surface area contributed by atoms with E-state index in [1.165, 1.54) is 11.9 Å². The Morgan fingerprint density at radius 2 is 2.22 bits per heavy atom. The number of hydrogen-bond donors (Lipinski definition) is 0. The van der Waals surface area contributed by atoms with Gasteiger partial charge in [-0.15, -0.1) is 0 Å². The fourth-order valence-electron chi connectivity index (χ4n) is 0.504. The van der Waals surface area contributed by atoms with Gasteiger partial charge in [-0.05, 0) is 4.99 Å². The highest BCUT2D eigenvalue weighted by molar-refractivity contribution is 8.12. The summed E-state index contributed by atoms with van der Waals surface area (Å²) in [5, 5.41) is 1.10. The van der Waals surface area contributed by atoms with Crippen LogP contribution in [0.4, 0.5) is 0 Å².